The fraction of sp³-hybridized carbons (Fsp3) is 0.0435. The molecule has 0 aliphatic heterocycles. The maximum absolute atomic E-state index is 13.4. The van der Waals surface area contributed by atoms with Crippen molar-refractivity contribution in [2.45, 2.75) is 11.8 Å². The molecule has 2 aromatic carbocycles. The molecule has 0 N–H and O–H groups in total. The SMILES string of the molecule is C/C=C\C=C/c1ccc(/C=C/c2cc(Cl)ccc2[N+](=O)[O-])n1S(=O)(=O)c1ccccc1. The largest absolute Gasteiger partial charge is 0.276 e. The van der Waals surface area contributed by atoms with E-state index < -0.39 is 14.9 Å². The second-order valence-electron chi connectivity index (χ2n) is 6.44. The topological polar surface area (TPSA) is 82.2 Å². The van der Waals surface area contributed by atoms with Crippen molar-refractivity contribution in [1.82, 2.24) is 3.97 Å². The minimum Gasteiger partial charge on any atom is -0.258 e. The number of benzene rings is 2. The van der Waals surface area contributed by atoms with Crippen LogP contribution in [-0.2, 0) is 10.0 Å². The van der Waals surface area contributed by atoms with Gasteiger partial charge in [-0.3, -0.25) is 10.1 Å². The van der Waals surface area contributed by atoms with Gasteiger partial charge in [0.2, 0.25) is 0 Å². The lowest BCUT2D eigenvalue weighted by Crippen LogP contribution is -2.15. The smallest absolute Gasteiger partial charge is 0.258 e. The molecule has 158 valence electrons. The Morgan fingerprint density at radius 1 is 0.935 bits per heavy atom. The Labute approximate surface area is 185 Å². The van der Waals surface area contributed by atoms with Gasteiger partial charge in [-0.05, 0) is 61.5 Å². The summed E-state index contributed by atoms with van der Waals surface area (Å²) in [5.74, 6) is 0. The zero-order chi connectivity index (χ0) is 22.4. The number of aromatic nitrogens is 1. The molecule has 0 saturated heterocycles. The van der Waals surface area contributed by atoms with Gasteiger partial charge < -0.3 is 0 Å². The number of hydrogen-bond acceptors (Lipinski definition) is 4. The number of nitrogens with zero attached hydrogens (tertiary/aromatic N) is 2. The van der Waals surface area contributed by atoms with Crippen LogP contribution in [-0.4, -0.2) is 17.3 Å². The normalized spacial score (nSPS) is 12.3. The van der Waals surface area contributed by atoms with E-state index in [2.05, 4.69) is 0 Å². The van der Waals surface area contributed by atoms with Gasteiger partial charge in [0.05, 0.1) is 26.8 Å². The zero-order valence-electron chi connectivity index (χ0n) is 16.6. The highest BCUT2D eigenvalue weighted by Crippen LogP contribution is 2.27. The summed E-state index contributed by atoms with van der Waals surface area (Å²) in [4.78, 5) is 10.9. The maximum Gasteiger partial charge on any atom is 0.276 e. The average molecular weight is 455 g/mol. The lowest BCUT2D eigenvalue weighted by Gasteiger charge is -2.11. The van der Waals surface area contributed by atoms with E-state index in [-0.39, 0.29) is 16.1 Å². The van der Waals surface area contributed by atoms with Crippen LogP contribution in [0.4, 0.5) is 5.69 Å². The quantitative estimate of drug-likeness (QED) is 0.247. The molecule has 0 radical (unpaired) electrons. The summed E-state index contributed by atoms with van der Waals surface area (Å²) in [6, 6.07) is 15.6. The van der Waals surface area contributed by atoms with Gasteiger partial charge in [0.25, 0.3) is 15.7 Å². The lowest BCUT2D eigenvalue weighted by atomic mass is 10.1. The van der Waals surface area contributed by atoms with E-state index in [1.807, 2.05) is 13.0 Å². The van der Waals surface area contributed by atoms with Gasteiger partial charge in [0, 0.05) is 11.1 Å². The molecule has 3 aromatic rings. The second kappa shape index (κ2) is 9.59. The van der Waals surface area contributed by atoms with Crippen molar-refractivity contribution in [1.29, 1.82) is 0 Å². The molecule has 8 heteroatoms. The van der Waals surface area contributed by atoms with Gasteiger partial charge in [0.1, 0.15) is 0 Å². The Hall–Kier alpha value is -3.42. The number of nitro benzene ring substituents is 1. The molecule has 0 amide bonds. The highest BCUT2D eigenvalue weighted by Gasteiger charge is 2.21. The summed E-state index contributed by atoms with van der Waals surface area (Å²) in [6.45, 7) is 1.86. The molecule has 1 heterocycles. The van der Waals surface area contributed by atoms with E-state index in [0.29, 0.717) is 16.4 Å². The third-order valence-electron chi connectivity index (χ3n) is 4.37. The second-order valence-corrected chi connectivity index (χ2v) is 8.67. The van der Waals surface area contributed by atoms with E-state index in [0.717, 1.165) is 0 Å². The number of nitro groups is 1. The highest BCUT2D eigenvalue weighted by molar-refractivity contribution is 7.90. The van der Waals surface area contributed by atoms with Gasteiger partial charge in [-0.1, -0.05) is 48.0 Å². The molecular weight excluding hydrogens is 436 g/mol. The number of halogens is 1. The average Bonchev–Trinajstić information content (AvgIpc) is 3.16. The highest BCUT2D eigenvalue weighted by atomic mass is 35.5. The Kier molecular flexibility index (Phi) is 6.89. The monoisotopic (exact) mass is 454 g/mol. The van der Waals surface area contributed by atoms with Gasteiger partial charge >= 0.3 is 0 Å². The van der Waals surface area contributed by atoms with Crippen LogP contribution in [0.15, 0.2) is 83.8 Å². The number of hydrogen-bond donors (Lipinski definition) is 0. The van der Waals surface area contributed by atoms with Crippen LogP contribution in [0.2, 0.25) is 5.02 Å². The predicted octanol–water partition coefficient (Wildman–Crippen LogP) is 6.05. The van der Waals surface area contributed by atoms with Crippen LogP contribution in [0, 0.1) is 10.1 Å². The molecule has 6 nitrogen and oxygen atoms in total. The van der Waals surface area contributed by atoms with E-state index >= 15 is 0 Å². The zero-order valence-corrected chi connectivity index (χ0v) is 18.1. The summed E-state index contributed by atoms with van der Waals surface area (Å²) in [6.07, 6.45) is 10.0. The minimum absolute atomic E-state index is 0.127. The van der Waals surface area contributed by atoms with Crippen molar-refractivity contribution in [2.24, 2.45) is 0 Å². The molecular formula is C23H19ClN2O4S. The van der Waals surface area contributed by atoms with Crippen LogP contribution in [0.3, 0.4) is 0 Å². The molecule has 0 fully saturated rings. The van der Waals surface area contributed by atoms with Gasteiger partial charge in [-0.15, -0.1) is 0 Å². The van der Waals surface area contributed by atoms with Gasteiger partial charge in [0.15, 0.2) is 0 Å². The van der Waals surface area contributed by atoms with Crippen molar-refractivity contribution in [2.75, 3.05) is 0 Å². The summed E-state index contributed by atoms with van der Waals surface area (Å²) in [7, 11) is -3.90. The van der Waals surface area contributed by atoms with Crippen molar-refractivity contribution in [3.63, 3.8) is 0 Å². The van der Waals surface area contributed by atoms with Crippen LogP contribution in [0.1, 0.15) is 23.9 Å². The van der Waals surface area contributed by atoms with Crippen molar-refractivity contribution in [3.05, 3.63) is 111 Å². The van der Waals surface area contributed by atoms with Crippen LogP contribution in [0.25, 0.3) is 18.2 Å². The Morgan fingerprint density at radius 3 is 2.26 bits per heavy atom. The summed E-state index contributed by atoms with van der Waals surface area (Å²) < 4.78 is 27.9. The van der Waals surface area contributed by atoms with Crippen molar-refractivity contribution in [3.8, 4) is 0 Å². The minimum atomic E-state index is -3.90. The van der Waals surface area contributed by atoms with E-state index in [1.54, 1.807) is 48.6 Å². The van der Waals surface area contributed by atoms with E-state index in [1.165, 1.54) is 46.5 Å². The Morgan fingerprint density at radius 2 is 1.61 bits per heavy atom. The Balaban J connectivity index is 2.15. The molecule has 0 spiro atoms. The van der Waals surface area contributed by atoms with Crippen LogP contribution in [0.5, 0.6) is 0 Å². The first-order valence-electron chi connectivity index (χ1n) is 9.28. The summed E-state index contributed by atoms with van der Waals surface area (Å²) in [5, 5.41) is 11.7. The summed E-state index contributed by atoms with van der Waals surface area (Å²) in [5.41, 5.74) is 0.937. The molecule has 0 bridgehead atoms. The number of rotatable bonds is 7. The molecule has 31 heavy (non-hydrogen) atoms. The first kappa shape index (κ1) is 22.3. The van der Waals surface area contributed by atoms with Gasteiger partial charge in [-0.2, -0.15) is 0 Å². The van der Waals surface area contributed by atoms with Crippen LogP contribution >= 0.6 is 11.6 Å². The molecule has 0 saturated carbocycles. The standard InChI is InChI=1S/C23H19ClN2O4S/c1-2-3-5-8-20-14-15-21(25(20)31(29,30)22-9-6-4-7-10-22)13-11-18-17-19(24)12-16-23(18)26(27)28/h2-17H,1H3/b3-2-,8-5-,13-11+. The Bertz CT molecular complexity index is 1290. The lowest BCUT2D eigenvalue weighted by molar-refractivity contribution is -0.385. The molecule has 3 rings (SSSR count). The molecule has 0 atom stereocenters. The third kappa shape index (κ3) is 5.02. The van der Waals surface area contributed by atoms with E-state index in [4.69, 9.17) is 11.6 Å². The van der Waals surface area contributed by atoms with E-state index in [9.17, 15) is 18.5 Å². The summed E-state index contributed by atoms with van der Waals surface area (Å²) >= 11 is 5.99. The number of allylic oxidation sites excluding steroid dienone is 3. The predicted molar refractivity (Wildman–Crippen MR) is 124 cm³/mol. The molecule has 0 aliphatic carbocycles. The van der Waals surface area contributed by atoms with Gasteiger partial charge in [-0.25, -0.2) is 12.4 Å². The third-order valence-corrected chi connectivity index (χ3v) is 6.37. The fourth-order valence-electron chi connectivity index (χ4n) is 2.94. The first-order valence-corrected chi connectivity index (χ1v) is 11.1. The fourth-order valence-corrected chi connectivity index (χ4v) is 4.63. The van der Waals surface area contributed by atoms with Crippen molar-refractivity contribution < 1.29 is 13.3 Å². The first-order chi connectivity index (χ1) is 14.8. The maximum atomic E-state index is 13.4. The van der Waals surface area contributed by atoms with Crippen molar-refractivity contribution >= 4 is 45.5 Å². The van der Waals surface area contributed by atoms with Crippen LogP contribution < -0.4 is 0 Å². The molecule has 1 aromatic heterocycles. The molecule has 0 aliphatic rings. The molecule has 0 unspecified atom stereocenters.